The van der Waals surface area contributed by atoms with Crippen molar-refractivity contribution in [2.24, 2.45) is 0 Å². The van der Waals surface area contributed by atoms with Crippen LogP contribution in [0.1, 0.15) is 30.1 Å². The molecule has 0 bridgehead atoms. The maximum absolute atomic E-state index is 5.40. The first-order chi connectivity index (χ1) is 8.81. The van der Waals surface area contributed by atoms with Gasteiger partial charge in [-0.2, -0.15) is 0 Å². The van der Waals surface area contributed by atoms with Crippen LogP contribution in [0.4, 0.5) is 0 Å². The lowest BCUT2D eigenvalue weighted by Crippen LogP contribution is -2.21. The number of aryl methyl sites for hydroxylation is 1. The van der Waals surface area contributed by atoms with Crippen molar-refractivity contribution in [3.63, 3.8) is 0 Å². The Morgan fingerprint density at radius 3 is 3.06 bits per heavy atom. The standard InChI is InChI=1S/C13H19N3OS/c1-4-7-16-8-6-15-13(16)11(14-2)12-10(17-3)5-9-18-12/h5-6,8-9,11,14H,4,7H2,1-3H3. The van der Waals surface area contributed by atoms with Gasteiger partial charge in [0.05, 0.1) is 12.0 Å². The summed E-state index contributed by atoms with van der Waals surface area (Å²) in [5.74, 6) is 1.96. The number of rotatable bonds is 6. The smallest absolute Gasteiger partial charge is 0.134 e. The lowest BCUT2D eigenvalue weighted by Gasteiger charge is -2.17. The Morgan fingerprint density at radius 2 is 2.39 bits per heavy atom. The molecule has 2 rings (SSSR count). The average Bonchev–Trinajstić information content (AvgIpc) is 3.01. The number of hydrogen-bond acceptors (Lipinski definition) is 4. The zero-order valence-corrected chi connectivity index (χ0v) is 11.8. The van der Waals surface area contributed by atoms with E-state index in [9.17, 15) is 0 Å². The van der Waals surface area contributed by atoms with Crippen LogP contribution < -0.4 is 10.1 Å². The maximum atomic E-state index is 5.40. The van der Waals surface area contributed by atoms with Crippen molar-refractivity contribution < 1.29 is 4.74 Å². The van der Waals surface area contributed by atoms with Crippen molar-refractivity contribution in [2.75, 3.05) is 14.2 Å². The van der Waals surface area contributed by atoms with Gasteiger partial charge in [0.1, 0.15) is 17.6 Å². The molecule has 0 aromatic carbocycles. The first-order valence-electron chi connectivity index (χ1n) is 6.11. The first-order valence-corrected chi connectivity index (χ1v) is 6.99. The van der Waals surface area contributed by atoms with E-state index in [4.69, 9.17) is 4.74 Å². The second-order valence-electron chi connectivity index (χ2n) is 4.05. The Bertz CT molecular complexity index is 492. The van der Waals surface area contributed by atoms with Gasteiger partial charge in [-0.25, -0.2) is 4.98 Å². The molecular weight excluding hydrogens is 246 g/mol. The normalized spacial score (nSPS) is 12.6. The van der Waals surface area contributed by atoms with Crippen molar-refractivity contribution >= 4 is 11.3 Å². The molecule has 0 aliphatic heterocycles. The van der Waals surface area contributed by atoms with E-state index < -0.39 is 0 Å². The van der Waals surface area contributed by atoms with Crippen LogP contribution in [0.2, 0.25) is 0 Å². The van der Waals surface area contributed by atoms with Crippen LogP contribution >= 0.6 is 11.3 Å². The maximum Gasteiger partial charge on any atom is 0.134 e. The van der Waals surface area contributed by atoms with Gasteiger partial charge >= 0.3 is 0 Å². The molecule has 5 heteroatoms. The molecule has 0 saturated heterocycles. The third-order valence-electron chi connectivity index (χ3n) is 2.90. The minimum atomic E-state index is 0.0847. The van der Waals surface area contributed by atoms with Gasteiger partial charge in [-0.3, -0.25) is 0 Å². The molecule has 0 saturated carbocycles. The topological polar surface area (TPSA) is 39.1 Å². The predicted octanol–water partition coefficient (Wildman–Crippen LogP) is 2.67. The molecule has 2 aromatic heterocycles. The van der Waals surface area contributed by atoms with E-state index in [0.29, 0.717) is 0 Å². The molecule has 0 radical (unpaired) electrons. The molecular formula is C13H19N3OS. The van der Waals surface area contributed by atoms with E-state index >= 15 is 0 Å². The number of thiophene rings is 1. The van der Waals surface area contributed by atoms with Crippen molar-refractivity contribution in [1.29, 1.82) is 0 Å². The molecule has 18 heavy (non-hydrogen) atoms. The Labute approximate surface area is 112 Å². The highest BCUT2D eigenvalue weighted by Crippen LogP contribution is 2.33. The van der Waals surface area contributed by atoms with Gasteiger partial charge < -0.3 is 14.6 Å². The van der Waals surface area contributed by atoms with Gasteiger partial charge in [-0.05, 0) is 24.9 Å². The number of ether oxygens (including phenoxy) is 1. The summed E-state index contributed by atoms with van der Waals surface area (Å²) < 4.78 is 7.59. The molecule has 2 heterocycles. The van der Waals surface area contributed by atoms with Crippen LogP contribution in [0.3, 0.4) is 0 Å². The van der Waals surface area contributed by atoms with E-state index in [0.717, 1.165) is 24.5 Å². The number of methoxy groups -OCH3 is 1. The number of nitrogens with one attached hydrogen (secondary N) is 1. The van der Waals surface area contributed by atoms with Crippen LogP contribution in [0.15, 0.2) is 23.8 Å². The van der Waals surface area contributed by atoms with Crippen molar-refractivity contribution in [3.05, 3.63) is 34.5 Å². The zero-order chi connectivity index (χ0) is 13.0. The Hall–Kier alpha value is -1.33. The van der Waals surface area contributed by atoms with Crippen LogP contribution in [-0.4, -0.2) is 23.7 Å². The molecule has 4 nitrogen and oxygen atoms in total. The number of imidazole rings is 1. The van der Waals surface area contributed by atoms with Gasteiger partial charge in [0.25, 0.3) is 0 Å². The molecule has 1 atom stereocenters. The van der Waals surface area contributed by atoms with Crippen LogP contribution in [0, 0.1) is 0 Å². The van der Waals surface area contributed by atoms with E-state index in [1.807, 2.05) is 30.9 Å². The summed E-state index contributed by atoms with van der Waals surface area (Å²) in [6, 6.07) is 2.08. The molecule has 0 aliphatic rings. The fraction of sp³-hybridized carbons (Fsp3) is 0.462. The van der Waals surface area contributed by atoms with Crippen LogP contribution in [0.5, 0.6) is 5.75 Å². The minimum Gasteiger partial charge on any atom is -0.496 e. The average molecular weight is 265 g/mol. The molecule has 1 N–H and O–H groups in total. The zero-order valence-electron chi connectivity index (χ0n) is 11.0. The summed E-state index contributed by atoms with van der Waals surface area (Å²) in [6.45, 7) is 3.16. The lowest BCUT2D eigenvalue weighted by molar-refractivity contribution is 0.407. The van der Waals surface area contributed by atoms with Crippen LogP contribution in [0.25, 0.3) is 0 Å². The summed E-state index contributed by atoms with van der Waals surface area (Å²) in [6.07, 6.45) is 4.99. The predicted molar refractivity (Wildman–Crippen MR) is 74.3 cm³/mol. The van der Waals surface area contributed by atoms with E-state index in [-0.39, 0.29) is 6.04 Å². The summed E-state index contributed by atoms with van der Waals surface area (Å²) in [4.78, 5) is 5.66. The SMILES string of the molecule is CCCn1ccnc1C(NC)c1sccc1OC. The van der Waals surface area contributed by atoms with E-state index in [1.54, 1.807) is 18.4 Å². The van der Waals surface area contributed by atoms with Gasteiger partial charge in [-0.15, -0.1) is 11.3 Å². The van der Waals surface area contributed by atoms with E-state index in [1.165, 1.54) is 4.88 Å². The first kappa shape index (κ1) is 13.1. The van der Waals surface area contributed by atoms with Gasteiger partial charge in [0.2, 0.25) is 0 Å². The Kier molecular flexibility index (Phi) is 4.38. The molecule has 2 aromatic rings. The molecule has 0 amide bonds. The van der Waals surface area contributed by atoms with Crippen molar-refractivity contribution in [3.8, 4) is 5.75 Å². The molecule has 1 unspecified atom stereocenters. The molecule has 0 aliphatic carbocycles. The minimum absolute atomic E-state index is 0.0847. The number of nitrogens with zero attached hydrogens (tertiary/aromatic N) is 2. The van der Waals surface area contributed by atoms with Crippen molar-refractivity contribution in [1.82, 2.24) is 14.9 Å². The second kappa shape index (κ2) is 6.02. The van der Waals surface area contributed by atoms with Crippen molar-refractivity contribution in [2.45, 2.75) is 25.9 Å². The van der Waals surface area contributed by atoms with Gasteiger partial charge in [0.15, 0.2) is 0 Å². The Balaban J connectivity index is 2.36. The van der Waals surface area contributed by atoms with Crippen LogP contribution in [-0.2, 0) is 6.54 Å². The summed E-state index contributed by atoms with van der Waals surface area (Å²) >= 11 is 1.69. The second-order valence-corrected chi connectivity index (χ2v) is 5.00. The molecule has 0 spiro atoms. The third kappa shape index (κ3) is 2.42. The highest BCUT2D eigenvalue weighted by molar-refractivity contribution is 7.10. The monoisotopic (exact) mass is 265 g/mol. The summed E-state index contributed by atoms with van der Waals surface area (Å²) in [7, 11) is 3.66. The number of hydrogen-bond donors (Lipinski definition) is 1. The fourth-order valence-electron chi connectivity index (χ4n) is 2.08. The fourth-order valence-corrected chi connectivity index (χ4v) is 3.04. The summed E-state index contributed by atoms with van der Waals surface area (Å²) in [5, 5.41) is 5.37. The highest BCUT2D eigenvalue weighted by atomic mass is 32.1. The highest BCUT2D eigenvalue weighted by Gasteiger charge is 2.22. The number of aromatic nitrogens is 2. The third-order valence-corrected chi connectivity index (χ3v) is 3.86. The quantitative estimate of drug-likeness (QED) is 0.873. The van der Waals surface area contributed by atoms with Gasteiger partial charge in [0, 0.05) is 18.9 Å². The summed E-state index contributed by atoms with van der Waals surface area (Å²) in [5.41, 5.74) is 0. The molecule has 98 valence electrons. The largest absolute Gasteiger partial charge is 0.496 e. The van der Waals surface area contributed by atoms with Gasteiger partial charge in [-0.1, -0.05) is 6.92 Å². The Morgan fingerprint density at radius 1 is 1.56 bits per heavy atom. The molecule has 0 fully saturated rings. The lowest BCUT2D eigenvalue weighted by atomic mass is 10.2. The van der Waals surface area contributed by atoms with E-state index in [2.05, 4.69) is 21.8 Å².